The van der Waals surface area contributed by atoms with Crippen molar-refractivity contribution < 1.29 is 28.6 Å². The summed E-state index contributed by atoms with van der Waals surface area (Å²) in [6.07, 6.45) is 0.635. The Bertz CT molecular complexity index is 1030. The van der Waals surface area contributed by atoms with Crippen LogP contribution in [0.1, 0.15) is 23.6 Å². The number of carbonyl (C=O) groups excluding carboxylic acids is 2. The Balaban J connectivity index is 2.15. The summed E-state index contributed by atoms with van der Waals surface area (Å²) in [7, 11) is 6.76. The monoisotopic (exact) mass is 442 g/mol. The summed E-state index contributed by atoms with van der Waals surface area (Å²) in [4.78, 5) is 29.4. The van der Waals surface area contributed by atoms with E-state index in [2.05, 4.69) is 0 Å². The first kappa shape index (κ1) is 23.3. The Morgan fingerprint density at radius 2 is 1.78 bits per heavy atom. The Morgan fingerprint density at radius 1 is 1.09 bits per heavy atom. The lowest BCUT2D eigenvalue weighted by molar-refractivity contribution is -0.139. The summed E-state index contributed by atoms with van der Waals surface area (Å²) in [6, 6.07) is 9.73. The van der Waals surface area contributed by atoms with Crippen LogP contribution in [0, 0.1) is 5.82 Å². The second-order valence-corrected chi connectivity index (χ2v) is 7.77. The van der Waals surface area contributed by atoms with Gasteiger partial charge in [-0.1, -0.05) is 12.1 Å². The molecular formula is C24H27FN2O5. The highest BCUT2D eigenvalue weighted by molar-refractivity contribution is 6.46. The molecule has 0 bridgehead atoms. The van der Waals surface area contributed by atoms with E-state index in [1.165, 1.54) is 24.1 Å². The molecule has 0 aromatic heterocycles. The number of amides is 1. The number of likely N-dealkylation sites (tertiary alicyclic amines) is 1. The van der Waals surface area contributed by atoms with Crippen LogP contribution in [0.3, 0.4) is 0 Å². The maximum absolute atomic E-state index is 14.0. The highest BCUT2D eigenvalue weighted by Gasteiger charge is 2.46. The Labute approximate surface area is 186 Å². The topological polar surface area (TPSA) is 79.3 Å². The van der Waals surface area contributed by atoms with Crippen LogP contribution in [-0.4, -0.2) is 68.0 Å². The van der Waals surface area contributed by atoms with E-state index >= 15 is 0 Å². The number of carbonyl (C=O) groups is 2. The number of aliphatic hydroxyl groups excluding tert-OH is 1. The van der Waals surface area contributed by atoms with Gasteiger partial charge in [0.15, 0.2) is 0 Å². The van der Waals surface area contributed by atoms with E-state index in [1.54, 1.807) is 31.4 Å². The molecular weight excluding hydrogens is 415 g/mol. The number of rotatable bonds is 8. The highest BCUT2D eigenvalue weighted by Crippen LogP contribution is 2.41. The summed E-state index contributed by atoms with van der Waals surface area (Å²) in [6.45, 7) is 1.03. The first-order valence-electron chi connectivity index (χ1n) is 10.2. The summed E-state index contributed by atoms with van der Waals surface area (Å²) in [5.41, 5.74) is 0.540. The standard InChI is InChI=1S/C24H27FN2O5/c1-26(2)12-5-13-27-21(15-6-9-17(31-3)10-7-15)20(23(29)24(27)30)22(28)18-14-16(25)8-11-19(18)32-4/h6-11,14,21,28H,5,12-13H2,1-4H3. The molecule has 1 amide bonds. The molecule has 1 aliphatic rings. The average molecular weight is 442 g/mol. The van der Waals surface area contributed by atoms with Crippen LogP contribution in [-0.2, 0) is 9.59 Å². The lowest BCUT2D eigenvalue weighted by Crippen LogP contribution is -2.32. The molecule has 0 radical (unpaired) electrons. The van der Waals surface area contributed by atoms with Gasteiger partial charge >= 0.3 is 0 Å². The lowest BCUT2D eigenvalue weighted by Gasteiger charge is -2.26. The van der Waals surface area contributed by atoms with Crippen molar-refractivity contribution in [3.8, 4) is 11.5 Å². The SMILES string of the molecule is COc1ccc(C2C(=C(O)c3cc(F)ccc3OC)C(=O)C(=O)N2CCCN(C)C)cc1. The van der Waals surface area contributed by atoms with Crippen LogP contribution in [0.4, 0.5) is 4.39 Å². The van der Waals surface area contributed by atoms with Crippen LogP contribution < -0.4 is 9.47 Å². The molecule has 1 fully saturated rings. The molecule has 2 aromatic carbocycles. The van der Waals surface area contributed by atoms with E-state index in [0.29, 0.717) is 24.3 Å². The molecule has 8 heteroatoms. The summed E-state index contributed by atoms with van der Waals surface area (Å²) in [5.74, 6) is -1.80. The number of ketones is 1. The van der Waals surface area contributed by atoms with Gasteiger partial charge in [-0.05, 0) is 63.0 Å². The first-order valence-corrected chi connectivity index (χ1v) is 10.2. The molecule has 3 rings (SSSR count). The van der Waals surface area contributed by atoms with Crippen LogP contribution in [0.25, 0.3) is 5.76 Å². The number of methoxy groups -OCH3 is 2. The van der Waals surface area contributed by atoms with Crippen LogP contribution in [0.2, 0.25) is 0 Å². The quantitative estimate of drug-likeness (QED) is 0.384. The number of ether oxygens (including phenoxy) is 2. The predicted molar refractivity (Wildman–Crippen MR) is 118 cm³/mol. The minimum atomic E-state index is -0.823. The van der Waals surface area contributed by atoms with Gasteiger partial charge in [-0.25, -0.2) is 4.39 Å². The van der Waals surface area contributed by atoms with Crippen molar-refractivity contribution in [1.29, 1.82) is 0 Å². The fourth-order valence-corrected chi connectivity index (χ4v) is 3.81. The Hall–Kier alpha value is -3.39. The zero-order valence-corrected chi connectivity index (χ0v) is 18.6. The van der Waals surface area contributed by atoms with E-state index in [0.717, 1.165) is 12.6 Å². The normalized spacial score (nSPS) is 17.8. The van der Waals surface area contributed by atoms with Crippen molar-refractivity contribution in [3.05, 3.63) is 65.0 Å². The van der Waals surface area contributed by atoms with Gasteiger partial charge in [0.1, 0.15) is 23.1 Å². The number of hydrogen-bond acceptors (Lipinski definition) is 6. The highest BCUT2D eigenvalue weighted by atomic mass is 19.1. The molecule has 0 spiro atoms. The van der Waals surface area contributed by atoms with Gasteiger partial charge in [0.25, 0.3) is 11.7 Å². The van der Waals surface area contributed by atoms with Gasteiger partial charge in [0.05, 0.1) is 31.4 Å². The molecule has 1 N–H and O–H groups in total. The molecule has 32 heavy (non-hydrogen) atoms. The van der Waals surface area contributed by atoms with Gasteiger partial charge in [0, 0.05) is 6.54 Å². The summed E-state index contributed by atoms with van der Waals surface area (Å²) in [5, 5.41) is 11.1. The van der Waals surface area contributed by atoms with Crippen LogP contribution >= 0.6 is 0 Å². The van der Waals surface area contributed by atoms with Gasteiger partial charge in [0.2, 0.25) is 0 Å². The predicted octanol–water partition coefficient (Wildman–Crippen LogP) is 3.22. The van der Waals surface area contributed by atoms with Crippen molar-refractivity contribution in [2.24, 2.45) is 0 Å². The minimum absolute atomic E-state index is 0.0114. The number of halogens is 1. The van der Waals surface area contributed by atoms with Gasteiger partial charge in [-0.3, -0.25) is 9.59 Å². The fourth-order valence-electron chi connectivity index (χ4n) is 3.81. The zero-order chi connectivity index (χ0) is 23.4. The number of benzene rings is 2. The van der Waals surface area contributed by atoms with E-state index in [4.69, 9.17) is 9.47 Å². The average Bonchev–Trinajstić information content (AvgIpc) is 3.03. The van der Waals surface area contributed by atoms with Gasteiger partial charge in [-0.15, -0.1) is 0 Å². The van der Waals surface area contributed by atoms with Gasteiger partial charge in [-0.2, -0.15) is 0 Å². The molecule has 0 aliphatic carbocycles. The maximum Gasteiger partial charge on any atom is 0.295 e. The summed E-state index contributed by atoms with van der Waals surface area (Å²) < 4.78 is 24.4. The van der Waals surface area contributed by atoms with Crippen LogP contribution in [0.5, 0.6) is 11.5 Å². The van der Waals surface area contributed by atoms with Crippen molar-refractivity contribution >= 4 is 17.4 Å². The Morgan fingerprint density at radius 3 is 2.38 bits per heavy atom. The third-order valence-corrected chi connectivity index (χ3v) is 5.39. The van der Waals surface area contributed by atoms with E-state index in [-0.39, 0.29) is 16.9 Å². The van der Waals surface area contributed by atoms with Crippen molar-refractivity contribution in [1.82, 2.24) is 9.80 Å². The minimum Gasteiger partial charge on any atom is -0.507 e. The summed E-state index contributed by atoms with van der Waals surface area (Å²) >= 11 is 0. The Kier molecular flexibility index (Phi) is 7.15. The molecule has 1 saturated heterocycles. The molecule has 1 aliphatic heterocycles. The number of Topliss-reactive ketones (excluding diaryl/α,β-unsaturated/α-hetero) is 1. The third kappa shape index (κ3) is 4.60. The molecule has 1 heterocycles. The van der Waals surface area contributed by atoms with Gasteiger partial charge < -0.3 is 24.4 Å². The van der Waals surface area contributed by atoms with E-state index < -0.39 is 29.3 Å². The van der Waals surface area contributed by atoms with E-state index in [9.17, 15) is 19.1 Å². The van der Waals surface area contributed by atoms with Crippen molar-refractivity contribution in [2.45, 2.75) is 12.5 Å². The smallest absolute Gasteiger partial charge is 0.295 e. The maximum atomic E-state index is 14.0. The molecule has 170 valence electrons. The van der Waals surface area contributed by atoms with Crippen molar-refractivity contribution in [2.75, 3.05) is 41.4 Å². The van der Waals surface area contributed by atoms with Crippen LogP contribution in [0.15, 0.2) is 48.0 Å². The van der Waals surface area contributed by atoms with Crippen molar-refractivity contribution in [3.63, 3.8) is 0 Å². The zero-order valence-electron chi connectivity index (χ0n) is 18.6. The fraction of sp³-hybridized carbons (Fsp3) is 0.333. The largest absolute Gasteiger partial charge is 0.507 e. The number of nitrogens with zero attached hydrogens (tertiary/aromatic N) is 2. The third-order valence-electron chi connectivity index (χ3n) is 5.39. The molecule has 1 atom stereocenters. The second kappa shape index (κ2) is 9.82. The molecule has 2 aromatic rings. The number of aliphatic hydroxyl groups is 1. The molecule has 0 saturated carbocycles. The molecule has 7 nitrogen and oxygen atoms in total. The first-order chi connectivity index (χ1) is 15.3. The second-order valence-electron chi connectivity index (χ2n) is 7.77. The molecule has 1 unspecified atom stereocenters. The lowest BCUT2D eigenvalue weighted by atomic mass is 9.95. The number of hydrogen-bond donors (Lipinski definition) is 1. The van der Waals surface area contributed by atoms with E-state index in [1.807, 2.05) is 19.0 Å².